The zero-order valence-electron chi connectivity index (χ0n) is 8.68. The average molecular weight is 213 g/mol. The number of carboxylic acid groups (broad SMARTS) is 1. The van der Waals surface area contributed by atoms with Gasteiger partial charge in [0.25, 0.3) is 0 Å². The van der Waals surface area contributed by atoms with E-state index in [9.17, 15) is 4.79 Å². The van der Waals surface area contributed by atoms with Crippen molar-refractivity contribution in [3.8, 4) is 0 Å². The van der Waals surface area contributed by atoms with E-state index in [1.807, 2.05) is 30.3 Å². The molecule has 16 heavy (non-hydrogen) atoms. The summed E-state index contributed by atoms with van der Waals surface area (Å²) < 4.78 is 0. The monoisotopic (exact) mass is 213 g/mol. The van der Waals surface area contributed by atoms with E-state index in [-0.39, 0.29) is 5.71 Å². The molecule has 0 saturated heterocycles. The van der Waals surface area contributed by atoms with Crippen LogP contribution in [0.25, 0.3) is 0 Å². The standard InChI is InChI=1S/C13H11NO2/c1-2-11-10(12(14-11)13(15)16)8-9-6-4-3-5-7-9/h2-7H,1,8H2,(H,15,16). The molecule has 1 aliphatic rings. The first-order valence-corrected chi connectivity index (χ1v) is 4.94. The first-order valence-electron chi connectivity index (χ1n) is 4.94. The van der Waals surface area contributed by atoms with Crippen LogP contribution in [0.1, 0.15) is 5.56 Å². The molecule has 1 aromatic rings. The Balaban J connectivity index is 2.21. The SMILES string of the molecule is C=CC1=C(Cc2ccccc2)C(C(=O)O)=N1. The van der Waals surface area contributed by atoms with Gasteiger partial charge in [0.1, 0.15) is 0 Å². The number of carboxylic acids is 1. The molecule has 0 unspecified atom stereocenters. The molecule has 0 atom stereocenters. The molecule has 1 aliphatic heterocycles. The highest BCUT2D eigenvalue weighted by atomic mass is 16.4. The van der Waals surface area contributed by atoms with Gasteiger partial charge in [-0.15, -0.1) is 0 Å². The molecule has 1 aromatic carbocycles. The summed E-state index contributed by atoms with van der Waals surface area (Å²) >= 11 is 0. The van der Waals surface area contributed by atoms with Crippen LogP contribution in [-0.4, -0.2) is 16.8 Å². The van der Waals surface area contributed by atoms with Gasteiger partial charge >= 0.3 is 5.97 Å². The van der Waals surface area contributed by atoms with Gasteiger partial charge in [-0.25, -0.2) is 9.79 Å². The minimum atomic E-state index is -0.975. The van der Waals surface area contributed by atoms with Crippen LogP contribution < -0.4 is 0 Å². The maximum atomic E-state index is 10.8. The zero-order valence-corrected chi connectivity index (χ0v) is 8.68. The van der Waals surface area contributed by atoms with Crippen LogP contribution in [0.15, 0.2) is 59.2 Å². The number of allylic oxidation sites excluding steroid dienone is 1. The number of benzene rings is 1. The molecule has 3 nitrogen and oxygen atoms in total. The molecule has 1 heterocycles. The summed E-state index contributed by atoms with van der Waals surface area (Å²) in [7, 11) is 0. The lowest BCUT2D eigenvalue weighted by molar-refractivity contribution is -0.129. The summed E-state index contributed by atoms with van der Waals surface area (Å²) in [6.07, 6.45) is 2.18. The third-order valence-corrected chi connectivity index (χ3v) is 2.45. The van der Waals surface area contributed by atoms with Crippen molar-refractivity contribution < 1.29 is 9.90 Å². The minimum Gasteiger partial charge on any atom is -0.477 e. The van der Waals surface area contributed by atoms with Crippen LogP contribution in [0.4, 0.5) is 0 Å². The molecular formula is C13H11NO2. The first kappa shape index (κ1) is 10.4. The van der Waals surface area contributed by atoms with Crippen molar-refractivity contribution in [1.82, 2.24) is 0 Å². The summed E-state index contributed by atoms with van der Waals surface area (Å²) in [5, 5.41) is 8.90. The van der Waals surface area contributed by atoms with Crippen molar-refractivity contribution in [3.63, 3.8) is 0 Å². The molecule has 0 fully saturated rings. The molecule has 0 radical (unpaired) electrons. The molecule has 3 heteroatoms. The van der Waals surface area contributed by atoms with E-state index in [0.717, 1.165) is 11.1 Å². The third-order valence-electron chi connectivity index (χ3n) is 2.45. The Bertz CT molecular complexity index is 498. The van der Waals surface area contributed by atoms with Crippen LogP contribution in [0, 0.1) is 0 Å². The number of carbonyl (C=O) groups is 1. The van der Waals surface area contributed by atoms with E-state index in [2.05, 4.69) is 11.6 Å². The Labute approximate surface area is 93.5 Å². The van der Waals surface area contributed by atoms with Crippen molar-refractivity contribution in [2.45, 2.75) is 6.42 Å². The molecule has 1 N–H and O–H groups in total. The second-order valence-electron chi connectivity index (χ2n) is 3.50. The minimum absolute atomic E-state index is 0.152. The fourth-order valence-electron chi connectivity index (χ4n) is 1.64. The third kappa shape index (κ3) is 1.80. The van der Waals surface area contributed by atoms with Crippen molar-refractivity contribution >= 4 is 11.7 Å². The molecule has 0 aliphatic carbocycles. The van der Waals surface area contributed by atoms with E-state index < -0.39 is 5.97 Å². The van der Waals surface area contributed by atoms with Crippen LogP contribution in [0.2, 0.25) is 0 Å². The lowest BCUT2D eigenvalue weighted by Crippen LogP contribution is -2.24. The Hall–Kier alpha value is -2.16. The predicted octanol–water partition coefficient (Wildman–Crippen LogP) is 2.21. The smallest absolute Gasteiger partial charge is 0.354 e. The van der Waals surface area contributed by atoms with Gasteiger partial charge in [0.05, 0.1) is 5.70 Å². The van der Waals surface area contributed by atoms with Crippen LogP contribution in [-0.2, 0) is 11.2 Å². The molecule has 80 valence electrons. The predicted molar refractivity (Wildman–Crippen MR) is 62.4 cm³/mol. The zero-order chi connectivity index (χ0) is 11.5. The summed E-state index contributed by atoms with van der Waals surface area (Å²) in [5.74, 6) is -0.975. The van der Waals surface area contributed by atoms with Gasteiger partial charge in [-0.05, 0) is 11.6 Å². The highest BCUT2D eigenvalue weighted by molar-refractivity contribution is 6.45. The quantitative estimate of drug-likeness (QED) is 0.833. The molecule has 0 bridgehead atoms. The number of rotatable bonds is 4. The molecule has 0 spiro atoms. The summed E-state index contributed by atoms with van der Waals surface area (Å²) in [4.78, 5) is 14.7. The van der Waals surface area contributed by atoms with Gasteiger partial charge in [-0.2, -0.15) is 0 Å². The second-order valence-corrected chi connectivity index (χ2v) is 3.50. The molecule has 0 amide bonds. The topological polar surface area (TPSA) is 49.7 Å². The lowest BCUT2D eigenvalue weighted by atomic mass is 9.95. The molecule has 2 rings (SSSR count). The van der Waals surface area contributed by atoms with Crippen molar-refractivity contribution in [2.75, 3.05) is 0 Å². The van der Waals surface area contributed by atoms with Crippen molar-refractivity contribution in [3.05, 3.63) is 59.8 Å². The van der Waals surface area contributed by atoms with Gasteiger partial charge in [-0.3, -0.25) is 0 Å². The first-order chi connectivity index (χ1) is 7.72. The van der Waals surface area contributed by atoms with Crippen LogP contribution in [0.3, 0.4) is 0 Å². The average Bonchev–Trinajstić information content (AvgIpc) is 2.26. The molecular weight excluding hydrogens is 202 g/mol. The maximum Gasteiger partial charge on any atom is 0.354 e. The highest BCUT2D eigenvalue weighted by Gasteiger charge is 2.26. The Morgan fingerprint density at radius 3 is 2.62 bits per heavy atom. The van der Waals surface area contributed by atoms with Gasteiger partial charge in [-0.1, -0.05) is 36.9 Å². The van der Waals surface area contributed by atoms with E-state index in [1.54, 1.807) is 6.08 Å². The Kier molecular flexibility index (Phi) is 2.68. The Morgan fingerprint density at radius 2 is 2.06 bits per heavy atom. The van der Waals surface area contributed by atoms with E-state index in [1.165, 1.54) is 0 Å². The van der Waals surface area contributed by atoms with Gasteiger partial charge in [0.2, 0.25) is 0 Å². The summed E-state index contributed by atoms with van der Waals surface area (Å²) in [6.45, 7) is 3.61. The van der Waals surface area contributed by atoms with E-state index in [0.29, 0.717) is 12.1 Å². The Morgan fingerprint density at radius 1 is 1.38 bits per heavy atom. The summed E-state index contributed by atoms with van der Waals surface area (Å²) in [5.41, 5.74) is 2.67. The van der Waals surface area contributed by atoms with E-state index >= 15 is 0 Å². The van der Waals surface area contributed by atoms with E-state index in [4.69, 9.17) is 5.11 Å². The summed E-state index contributed by atoms with van der Waals surface area (Å²) in [6, 6.07) is 9.72. The fourth-order valence-corrected chi connectivity index (χ4v) is 1.64. The van der Waals surface area contributed by atoms with Gasteiger partial charge in [0.15, 0.2) is 5.71 Å². The largest absolute Gasteiger partial charge is 0.477 e. The number of aliphatic carboxylic acids is 1. The van der Waals surface area contributed by atoms with Gasteiger partial charge < -0.3 is 5.11 Å². The molecule has 0 aromatic heterocycles. The lowest BCUT2D eigenvalue weighted by Gasteiger charge is -2.18. The number of aliphatic imine (C=N–C) groups is 1. The second kappa shape index (κ2) is 4.14. The number of hydrogen-bond donors (Lipinski definition) is 1. The normalized spacial score (nSPS) is 14.1. The van der Waals surface area contributed by atoms with Crippen LogP contribution >= 0.6 is 0 Å². The van der Waals surface area contributed by atoms with Crippen LogP contribution in [0.5, 0.6) is 0 Å². The van der Waals surface area contributed by atoms with Crippen molar-refractivity contribution in [2.24, 2.45) is 4.99 Å². The highest BCUT2D eigenvalue weighted by Crippen LogP contribution is 2.24. The maximum absolute atomic E-state index is 10.8. The number of nitrogens with zero attached hydrogens (tertiary/aromatic N) is 1. The number of hydrogen-bond acceptors (Lipinski definition) is 2. The molecule has 0 saturated carbocycles. The fraction of sp³-hybridized carbons (Fsp3) is 0.0769. The van der Waals surface area contributed by atoms with Crippen molar-refractivity contribution in [1.29, 1.82) is 0 Å². The van der Waals surface area contributed by atoms with Gasteiger partial charge in [0, 0.05) is 12.0 Å².